The Morgan fingerprint density at radius 3 is 3.00 bits per heavy atom. The molecule has 0 atom stereocenters. The molecule has 0 fully saturated rings. The first kappa shape index (κ1) is 8.86. The molecule has 1 heteroatoms. The second-order valence-corrected chi connectivity index (χ2v) is 4.04. The smallest absolute Gasteiger partial charge is 0.0222 e. The quantitative estimate of drug-likeness (QED) is 0.668. The van der Waals surface area contributed by atoms with Crippen LogP contribution in [0, 0.1) is 0 Å². The maximum atomic E-state index is 2.47. The van der Waals surface area contributed by atoms with Crippen LogP contribution in [0.25, 0.3) is 0 Å². The Bertz CT molecular complexity index is 273. The van der Waals surface area contributed by atoms with Gasteiger partial charge in [-0.25, -0.2) is 0 Å². The molecule has 1 aliphatic rings. The van der Waals surface area contributed by atoms with Crippen LogP contribution >= 0.6 is 0 Å². The standard InChI is InChI=1S/C12H19N/c1-2-3-9-13-10-8-11-6-4-5-7-12(11)13/h8,10H,2-7,9H2,1H3. The van der Waals surface area contributed by atoms with Crippen LogP contribution in [0.3, 0.4) is 0 Å². The fourth-order valence-electron chi connectivity index (χ4n) is 2.23. The van der Waals surface area contributed by atoms with E-state index in [4.69, 9.17) is 0 Å². The SMILES string of the molecule is CCCCn1ccc2c1CCCC2. The van der Waals surface area contributed by atoms with Gasteiger partial charge in [-0.3, -0.25) is 0 Å². The molecule has 0 amide bonds. The summed E-state index contributed by atoms with van der Waals surface area (Å²) in [7, 11) is 0. The molecule has 0 saturated heterocycles. The Kier molecular flexibility index (Phi) is 2.72. The van der Waals surface area contributed by atoms with Crippen LogP contribution in [0.15, 0.2) is 12.3 Å². The van der Waals surface area contributed by atoms with E-state index in [-0.39, 0.29) is 0 Å². The van der Waals surface area contributed by atoms with Gasteiger partial charge in [0.1, 0.15) is 0 Å². The van der Waals surface area contributed by atoms with Crippen molar-refractivity contribution in [1.29, 1.82) is 0 Å². The lowest BCUT2D eigenvalue weighted by Crippen LogP contribution is -2.07. The molecule has 1 aromatic heterocycles. The molecular formula is C12H19N. The fourth-order valence-corrected chi connectivity index (χ4v) is 2.23. The van der Waals surface area contributed by atoms with Crippen LogP contribution < -0.4 is 0 Å². The molecule has 0 saturated carbocycles. The normalized spacial score (nSPS) is 15.8. The van der Waals surface area contributed by atoms with Gasteiger partial charge in [-0.1, -0.05) is 13.3 Å². The summed E-state index contributed by atoms with van der Waals surface area (Å²) in [6.07, 6.45) is 10.3. The number of unbranched alkanes of at least 4 members (excludes halogenated alkanes) is 1. The Balaban J connectivity index is 2.12. The number of aromatic nitrogens is 1. The molecule has 2 rings (SSSR count). The first-order valence-corrected chi connectivity index (χ1v) is 5.58. The lowest BCUT2D eigenvalue weighted by Gasteiger charge is -2.15. The van der Waals surface area contributed by atoms with Crippen molar-refractivity contribution in [3.63, 3.8) is 0 Å². The summed E-state index contributed by atoms with van der Waals surface area (Å²) >= 11 is 0. The van der Waals surface area contributed by atoms with Crippen LogP contribution in [-0.2, 0) is 19.4 Å². The van der Waals surface area contributed by atoms with Crippen LogP contribution in [0.5, 0.6) is 0 Å². The highest BCUT2D eigenvalue weighted by molar-refractivity contribution is 5.24. The minimum atomic E-state index is 1.23. The average molecular weight is 177 g/mol. The zero-order valence-corrected chi connectivity index (χ0v) is 8.55. The third-order valence-corrected chi connectivity index (χ3v) is 3.04. The van der Waals surface area contributed by atoms with E-state index >= 15 is 0 Å². The van der Waals surface area contributed by atoms with Crippen LogP contribution in [-0.4, -0.2) is 4.57 Å². The number of hydrogen-bond donors (Lipinski definition) is 0. The first-order valence-electron chi connectivity index (χ1n) is 5.58. The van der Waals surface area contributed by atoms with Gasteiger partial charge in [-0.05, 0) is 43.7 Å². The predicted octanol–water partition coefficient (Wildman–Crippen LogP) is 3.17. The minimum absolute atomic E-state index is 1.23. The van der Waals surface area contributed by atoms with Crippen molar-refractivity contribution >= 4 is 0 Å². The van der Waals surface area contributed by atoms with Gasteiger partial charge in [0.15, 0.2) is 0 Å². The highest BCUT2D eigenvalue weighted by atomic mass is 15.0. The van der Waals surface area contributed by atoms with Gasteiger partial charge >= 0.3 is 0 Å². The molecule has 0 aromatic carbocycles. The van der Waals surface area contributed by atoms with Gasteiger partial charge in [0.2, 0.25) is 0 Å². The molecule has 1 nitrogen and oxygen atoms in total. The topological polar surface area (TPSA) is 4.93 Å². The van der Waals surface area contributed by atoms with Gasteiger partial charge in [-0.15, -0.1) is 0 Å². The van der Waals surface area contributed by atoms with E-state index in [0.717, 1.165) is 0 Å². The van der Waals surface area contributed by atoms with E-state index in [1.165, 1.54) is 45.1 Å². The molecular weight excluding hydrogens is 158 g/mol. The lowest BCUT2D eigenvalue weighted by atomic mass is 9.98. The first-order chi connectivity index (χ1) is 6.42. The van der Waals surface area contributed by atoms with E-state index in [1.54, 1.807) is 11.3 Å². The second kappa shape index (κ2) is 3.99. The van der Waals surface area contributed by atoms with Crippen molar-refractivity contribution in [2.75, 3.05) is 0 Å². The predicted molar refractivity (Wildman–Crippen MR) is 56.0 cm³/mol. The minimum Gasteiger partial charge on any atom is -0.351 e. The van der Waals surface area contributed by atoms with E-state index in [1.807, 2.05) is 0 Å². The molecule has 0 bridgehead atoms. The summed E-state index contributed by atoms with van der Waals surface area (Å²) in [6.45, 7) is 3.49. The largest absolute Gasteiger partial charge is 0.351 e. The van der Waals surface area contributed by atoms with Crippen molar-refractivity contribution in [2.45, 2.75) is 52.0 Å². The number of hydrogen-bond acceptors (Lipinski definition) is 0. The molecule has 0 aliphatic heterocycles. The maximum Gasteiger partial charge on any atom is 0.0222 e. The summed E-state index contributed by atoms with van der Waals surface area (Å²) in [5.41, 5.74) is 3.24. The summed E-state index contributed by atoms with van der Waals surface area (Å²) < 4.78 is 2.47. The molecule has 0 spiro atoms. The van der Waals surface area contributed by atoms with Gasteiger partial charge in [0, 0.05) is 18.4 Å². The second-order valence-electron chi connectivity index (χ2n) is 4.04. The number of rotatable bonds is 3. The van der Waals surface area contributed by atoms with Crippen molar-refractivity contribution in [3.8, 4) is 0 Å². The third kappa shape index (κ3) is 1.79. The van der Waals surface area contributed by atoms with Gasteiger partial charge in [0.25, 0.3) is 0 Å². The van der Waals surface area contributed by atoms with Crippen molar-refractivity contribution in [1.82, 2.24) is 4.57 Å². The van der Waals surface area contributed by atoms with Crippen molar-refractivity contribution in [2.24, 2.45) is 0 Å². The zero-order valence-electron chi connectivity index (χ0n) is 8.55. The Morgan fingerprint density at radius 2 is 2.15 bits per heavy atom. The number of nitrogens with zero attached hydrogens (tertiary/aromatic N) is 1. The zero-order chi connectivity index (χ0) is 9.10. The summed E-state index contributed by atoms with van der Waals surface area (Å²) in [4.78, 5) is 0. The van der Waals surface area contributed by atoms with E-state index < -0.39 is 0 Å². The number of aryl methyl sites for hydroxylation is 2. The van der Waals surface area contributed by atoms with Crippen molar-refractivity contribution < 1.29 is 0 Å². The molecule has 1 heterocycles. The number of fused-ring (bicyclic) bond motifs is 1. The molecule has 0 N–H and O–H groups in total. The molecule has 0 unspecified atom stereocenters. The lowest BCUT2D eigenvalue weighted by molar-refractivity contribution is 0.576. The van der Waals surface area contributed by atoms with Gasteiger partial charge < -0.3 is 4.57 Å². The monoisotopic (exact) mass is 177 g/mol. The molecule has 1 aliphatic carbocycles. The molecule has 13 heavy (non-hydrogen) atoms. The van der Waals surface area contributed by atoms with Crippen LogP contribution in [0.4, 0.5) is 0 Å². The van der Waals surface area contributed by atoms with Crippen LogP contribution in [0.1, 0.15) is 43.9 Å². The summed E-state index contributed by atoms with van der Waals surface area (Å²) in [5.74, 6) is 0. The highest BCUT2D eigenvalue weighted by Crippen LogP contribution is 2.22. The molecule has 0 radical (unpaired) electrons. The van der Waals surface area contributed by atoms with E-state index in [0.29, 0.717) is 0 Å². The van der Waals surface area contributed by atoms with Gasteiger partial charge in [0.05, 0.1) is 0 Å². The third-order valence-electron chi connectivity index (χ3n) is 3.04. The fraction of sp³-hybridized carbons (Fsp3) is 0.667. The Hall–Kier alpha value is -0.720. The summed E-state index contributed by atoms with van der Waals surface area (Å²) in [5, 5.41) is 0. The van der Waals surface area contributed by atoms with Gasteiger partial charge in [-0.2, -0.15) is 0 Å². The maximum absolute atomic E-state index is 2.47. The van der Waals surface area contributed by atoms with E-state index in [9.17, 15) is 0 Å². The van der Waals surface area contributed by atoms with Crippen molar-refractivity contribution in [3.05, 3.63) is 23.5 Å². The average Bonchev–Trinajstić information content (AvgIpc) is 2.58. The molecule has 72 valence electrons. The van der Waals surface area contributed by atoms with E-state index in [2.05, 4.69) is 23.8 Å². The Morgan fingerprint density at radius 1 is 1.31 bits per heavy atom. The molecule has 1 aromatic rings. The highest BCUT2D eigenvalue weighted by Gasteiger charge is 2.12. The Labute approximate surface area is 80.8 Å². The van der Waals surface area contributed by atoms with Crippen LogP contribution in [0.2, 0.25) is 0 Å². The summed E-state index contributed by atoms with van der Waals surface area (Å²) in [6, 6.07) is 2.32.